The number of aryl methyl sites for hydroxylation is 3. The number of carbonyl (C=O) groups excluding carboxylic acids is 1. The molecule has 3 rings (SSSR count). The Morgan fingerprint density at radius 1 is 0.931 bits per heavy atom. The van der Waals surface area contributed by atoms with Gasteiger partial charge in [0.25, 0.3) is 5.91 Å². The second kappa shape index (κ2) is 8.42. The Kier molecular flexibility index (Phi) is 5.95. The molecule has 1 unspecified atom stereocenters. The minimum absolute atomic E-state index is 0.264. The molecule has 0 saturated heterocycles. The van der Waals surface area contributed by atoms with Crippen LogP contribution in [-0.2, 0) is 9.73 Å². The topological polar surface area (TPSA) is 59.4 Å². The fraction of sp³-hybridized carbons (Fsp3) is 0.167. The molecule has 4 nitrogen and oxygen atoms in total. The lowest BCUT2D eigenvalue weighted by atomic mass is 10.1. The second-order valence-electron chi connectivity index (χ2n) is 6.97. The predicted octanol–water partition coefficient (Wildman–Crippen LogP) is 4.70. The van der Waals surface area contributed by atoms with E-state index in [-0.39, 0.29) is 5.56 Å². The van der Waals surface area contributed by atoms with Gasteiger partial charge in [0, 0.05) is 34.7 Å². The van der Waals surface area contributed by atoms with Crippen molar-refractivity contribution in [2.75, 3.05) is 6.26 Å². The van der Waals surface area contributed by atoms with E-state index >= 15 is 0 Å². The van der Waals surface area contributed by atoms with Crippen LogP contribution in [0.5, 0.6) is 0 Å². The van der Waals surface area contributed by atoms with E-state index in [0.29, 0.717) is 10.5 Å². The zero-order valence-electron chi connectivity index (χ0n) is 16.9. The summed E-state index contributed by atoms with van der Waals surface area (Å²) >= 11 is 0. The van der Waals surface area contributed by atoms with Crippen molar-refractivity contribution >= 4 is 15.6 Å². The number of benzene rings is 2. The van der Waals surface area contributed by atoms with Gasteiger partial charge in [0.15, 0.2) is 0 Å². The number of nitrogens with zero attached hydrogens (tertiary/aromatic N) is 2. The highest BCUT2D eigenvalue weighted by Gasteiger charge is 2.13. The molecule has 2 aromatic carbocycles. The van der Waals surface area contributed by atoms with Crippen LogP contribution in [0.1, 0.15) is 38.2 Å². The second-order valence-corrected chi connectivity index (χ2v) is 9.23. The summed E-state index contributed by atoms with van der Waals surface area (Å²) in [4.78, 5) is 17.3. The third kappa shape index (κ3) is 4.98. The van der Waals surface area contributed by atoms with Crippen LogP contribution in [-0.4, -0.2) is 21.4 Å². The Hall–Kier alpha value is -3.23. The standard InChI is InChI=1S/C24H22N2O2S/c1-17-9-12-23(13-19(17)3)29(4,28)26-24(27)22-14-20(15-25-16-22)10-11-21-8-6-5-7-18(21)2/h5-9,12-16H,1-4H3. The molecule has 1 heterocycles. The quantitative estimate of drug-likeness (QED) is 0.584. The summed E-state index contributed by atoms with van der Waals surface area (Å²) in [5.74, 6) is 5.55. The maximum absolute atomic E-state index is 13.0. The van der Waals surface area contributed by atoms with Crippen LogP contribution in [0.15, 0.2) is 70.2 Å². The number of aromatic nitrogens is 1. The van der Waals surface area contributed by atoms with E-state index in [1.54, 1.807) is 18.3 Å². The van der Waals surface area contributed by atoms with Gasteiger partial charge in [-0.15, -0.1) is 0 Å². The molecule has 0 bridgehead atoms. The predicted molar refractivity (Wildman–Crippen MR) is 116 cm³/mol. The summed E-state index contributed by atoms with van der Waals surface area (Å²) in [6.07, 6.45) is 4.49. The zero-order chi connectivity index (χ0) is 21.0. The Balaban J connectivity index is 1.91. The highest BCUT2D eigenvalue weighted by Crippen LogP contribution is 2.17. The molecule has 146 valence electrons. The molecular weight excluding hydrogens is 380 g/mol. The molecule has 0 fully saturated rings. The zero-order valence-corrected chi connectivity index (χ0v) is 17.7. The lowest BCUT2D eigenvalue weighted by molar-refractivity contribution is 0.100. The molecule has 5 heteroatoms. The number of hydrogen-bond donors (Lipinski definition) is 0. The number of carbonyl (C=O) groups is 1. The van der Waals surface area contributed by atoms with E-state index in [1.165, 1.54) is 12.5 Å². The summed E-state index contributed by atoms with van der Waals surface area (Å²) in [6.45, 7) is 5.91. The van der Waals surface area contributed by atoms with E-state index in [0.717, 1.165) is 22.3 Å². The Labute approximate surface area is 172 Å². The van der Waals surface area contributed by atoms with Crippen LogP contribution < -0.4 is 0 Å². The summed E-state index contributed by atoms with van der Waals surface area (Å²) in [5, 5.41) is 0. The number of hydrogen-bond acceptors (Lipinski definition) is 3. The number of rotatable bonds is 2. The summed E-state index contributed by atoms with van der Waals surface area (Å²) in [5.41, 5.74) is 4.96. The van der Waals surface area contributed by atoms with Gasteiger partial charge in [-0.25, -0.2) is 4.21 Å². The third-order valence-corrected chi connectivity index (χ3v) is 6.29. The monoisotopic (exact) mass is 402 g/mol. The van der Waals surface area contributed by atoms with Gasteiger partial charge in [-0.05, 0) is 61.7 Å². The van der Waals surface area contributed by atoms with Gasteiger partial charge in [-0.2, -0.15) is 4.36 Å². The van der Waals surface area contributed by atoms with Crippen LogP contribution in [0.3, 0.4) is 0 Å². The molecule has 0 aliphatic carbocycles. The van der Waals surface area contributed by atoms with Crippen molar-refractivity contribution in [2.24, 2.45) is 4.36 Å². The molecule has 0 spiro atoms. The molecule has 1 amide bonds. The van der Waals surface area contributed by atoms with Crippen LogP contribution in [0.25, 0.3) is 0 Å². The third-order valence-electron chi connectivity index (χ3n) is 4.64. The molecule has 0 aliphatic rings. The average Bonchev–Trinajstić information content (AvgIpc) is 2.69. The van der Waals surface area contributed by atoms with E-state index in [4.69, 9.17) is 0 Å². The van der Waals surface area contributed by atoms with Crippen molar-refractivity contribution in [1.82, 2.24) is 4.98 Å². The maximum atomic E-state index is 13.0. The highest BCUT2D eigenvalue weighted by molar-refractivity contribution is 7.93. The average molecular weight is 403 g/mol. The van der Waals surface area contributed by atoms with Gasteiger partial charge in [-0.1, -0.05) is 36.1 Å². The molecule has 1 atom stereocenters. The molecular formula is C24H22N2O2S. The Morgan fingerprint density at radius 2 is 1.69 bits per heavy atom. The fourth-order valence-corrected chi connectivity index (χ4v) is 3.93. The molecule has 1 aromatic heterocycles. The molecule has 0 N–H and O–H groups in total. The Morgan fingerprint density at radius 3 is 2.41 bits per heavy atom. The van der Waals surface area contributed by atoms with E-state index in [2.05, 4.69) is 21.2 Å². The first-order valence-corrected chi connectivity index (χ1v) is 11.0. The van der Waals surface area contributed by atoms with Gasteiger partial charge < -0.3 is 0 Å². The van der Waals surface area contributed by atoms with Gasteiger partial charge in [0.05, 0.1) is 15.3 Å². The van der Waals surface area contributed by atoms with Crippen molar-refractivity contribution in [1.29, 1.82) is 0 Å². The number of amides is 1. The molecule has 0 radical (unpaired) electrons. The molecule has 0 aliphatic heterocycles. The Bertz CT molecular complexity index is 1270. The van der Waals surface area contributed by atoms with Crippen molar-refractivity contribution in [3.8, 4) is 11.8 Å². The minimum Gasteiger partial charge on any atom is -0.266 e. The first-order valence-electron chi connectivity index (χ1n) is 9.13. The van der Waals surface area contributed by atoms with Crippen molar-refractivity contribution < 1.29 is 9.00 Å². The van der Waals surface area contributed by atoms with Gasteiger partial charge in [0.1, 0.15) is 0 Å². The smallest absolute Gasteiger partial charge is 0.266 e. The first-order chi connectivity index (χ1) is 13.8. The first kappa shape index (κ1) is 20.5. The van der Waals surface area contributed by atoms with Crippen LogP contribution in [0.2, 0.25) is 0 Å². The summed E-state index contributed by atoms with van der Waals surface area (Å²) < 4.78 is 17.0. The SMILES string of the molecule is Cc1ccc(S(C)(=O)=NC(=O)c2cncc(C#Cc3ccccc3C)c2)cc1C. The summed E-state index contributed by atoms with van der Waals surface area (Å²) in [7, 11) is -2.86. The minimum atomic E-state index is -2.86. The van der Waals surface area contributed by atoms with Crippen molar-refractivity contribution in [2.45, 2.75) is 25.7 Å². The molecule has 0 saturated carbocycles. The van der Waals surface area contributed by atoms with E-state index < -0.39 is 15.6 Å². The molecule has 29 heavy (non-hydrogen) atoms. The van der Waals surface area contributed by atoms with Gasteiger partial charge >= 0.3 is 0 Å². The van der Waals surface area contributed by atoms with Crippen LogP contribution in [0, 0.1) is 32.6 Å². The lowest BCUT2D eigenvalue weighted by Gasteiger charge is -2.07. The molecule has 3 aromatic rings. The fourth-order valence-electron chi connectivity index (χ4n) is 2.69. The largest absolute Gasteiger partial charge is 0.286 e. The van der Waals surface area contributed by atoms with Gasteiger partial charge in [0.2, 0.25) is 0 Å². The maximum Gasteiger partial charge on any atom is 0.286 e. The normalized spacial score (nSPS) is 12.4. The number of pyridine rings is 1. The van der Waals surface area contributed by atoms with E-state index in [9.17, 15) is 9.00 Å². The lowest BCUT2D eigenvalue weighted by Crippen LogP contribution is -2.05. The van der Waals surface area contributed by atoms with Crippen LogP contribution >= 0.6 is 0 Å². The summed E-state index contributed by atoms with van der Waals surface area (Å²) in [6, 6.07) is 14.9. The van der Waals surface area contributed by atoms with Gasteiger partial charge in [-0.3, -0.25) is 9.78 Å². The van der Waals surface area contributed by atoms with Crippen LogP contribution in [0.4, 0.5) is 0 Å². The van der Waals surface area contributed by atoms with Crippen molar-refractivity contribution in [3.05, 3.63) is 94.3 Å². The van der Waals surface area contributed by atoms with E-state index in [1.807, 2.05) is 57.2 Å². The highest BCUT2D eigenvalue weighted by atomic mass is 32.2. The van der Waals surface area contributed by atoms with Crippen molar-refractivity contribution in [3.63, 3.8) is 0 Å².